The topological polar surface area (TPSA) is 67.4 Å². The Bertz CT molecular complexity index is 540. The average molecular weight is 258 g/mol. The second-order valence-electron chi connectivity index (χ2n) is 3.99. The monoisotopic (exact) mass is 258 g/mol. The molecule has 1 heterocycles. The molecule has 0 aliphatic carbocycles. The summed E-state index contributed by atoms with van der Waals surface area (Å²) < 4.78 is 5.49. The highest BCUT2D eigenvalue weighted by atomic mass is 16.5. The predicted octanol–water partition coefficient (Wildman–Crippen LogP) is 2.36. The van der Waals surface area contributed by atoms with Crippen LogP contribution < -0.4 is 10.1 Å². The van der Waals surface area contributed by atoms with E-state index in [0.717, 1.165) is 0 Å². The quantitative estimate of drug-likeness (QED) is 0.917. The highest BCUT2D eigenvalue weighted by Gasteiger charge is 2.04. The van der Waals surface area contributed by atoms with Crippen molar-refractivity contribution in [3.8, 4) is 11.6 Å². The molecule has 0 unspecified atom stereocenters. The second-order valence-corrected chi connectivity index (χ2v) is 3.99. The Labute approximate surface area is 111 Å². The van der Waals surface area contributed by atoms with E-state index in [1.165, 1.54) is 11.1 Å². The van der Waals surface area contributed by atoms with Crippen molar-refractivity contribution in [1.29, 1.82) is 0 Å². The summed E-state index contributed by atoms with van der Waals surface area (Å²) in [5.41, 5.74) is 0.699. The Balaban J connectivity index is 2.01. The Morgan fingerprint density at radius 3 is 2.53 bits per heavy atom. The van der Waals surface area contributed by atoms with Crippen molar-refractivity contribution in [2.45, 2.75) is 0 Å². The van der Waals surface area contributed by atoms with Crippen LogP contribution in [0.25, 0.3) is 0 Å². The van der Waals surface area contributed by atoms with Crippen molar-refractivity contribution in [3.05, 3.63) is 42.9 Å². The van der Waals surface area contributed by atoms with Crippen LogP contribution in [0.1, 0.15) is 0 Å². The first-order valence-corrected chi connectivity index (χ1v) is 5.67. The molecule has 2 rings (SSSR count). The van der Waals surface area contributed by atoms with Gasteiger partial charge in [-0.15, -0.1) is 0 Å². The third-order valence-electron chi connectivity index (χ3n) is 2.27. The molecule has 0 aliphatic heterocycles. The average Bonchev–Trinajstić information content (AvgIpc) is 2.42. The fraction of sp³-hybridized carbons (Fsp3) is 0.154. The maximum Gasteiger partial charge on any atom is 0.321 e. The normalized spacial score (nSPS) is 9.79. The first kappa shape index (κ1) is 12.8. The smallest absolute Gasteiger partial charge is 0.321 e. The van der Waals surface area contributed by atoms with Crippen LogP contribution in [0, 0.1) is 0 Å². The first-order valence-electron chi connectivity index (χ1n) is 5.67. The van der Waals surface area contributed by atoms with Gasteiger partial charge in [-0.25, -0.2) is 9.78 Å². The number of hydrogen-bond acceptors (Lipinski definition) is 4. The minimum Gasteiger partial charge on any atom is -0.438 e. The number of amides is 2. The summed E-state index contributed by atoms with van der Waals surface area (Å²) in [6, 6.07) is 6.84. The van der Waals surface area contributed by atoms with Crippen molar-refractivity contribution >= 4 is 11.7 Å². The molecule has 0 saturated heterocycles. The van der Waals surface area contributed by atoms with Crippen molar-refractivity contribution in [1.82, 2.24) is 14.9 Å². The Morgan fingerprint density at radius 2 is 1.95 bits per heavy atom. The number of urea groups is 1. The number of nitrogens with one attached hydrogen (secondary N) is 1. The van der Waals surface area contributed by atoms with Gasteiger partial charge in [0.1, 0.15) is 5.75 Å². The van der Waals surface area contributed by atoms with Gasteiger partial charge in [-0.1, -0.05) is 0 Å². The lowest BCUT2D eigenvalue weighted by molar-refractivity contribution is 0.230. The molecule has 1 aromatic carbocycles. The number of nitrogens with zero attached hydrogens (tertiary/aromatic N) is 3. The zero-order valence-electron chi connectivity index (χ0n) is 10.7. The molecule has 0 radical (unpaired) electrons. The van der Waals surface area contributed by atoms with Crippen molar-refractivity contribution in [2.24, 2.45) is 0 Å². The zero-order chi connectivity index (χ0) is 13.7. The molecule has 6 nitrogen and oxygen atoms in total. The van der Waals surface area contributed by atoms with Gasteiger partial charge in [0.2, 0.25) is 5.88 Å². The minimum atomic E-state index is -0.178. The first-order chi connectivity index (χ1) is 9.15. The number of anilines is 1. The minimum absolute atomic E-state index is 0.178. The summed E-state index contributed by atoms with van der Waals surface area (Å²) in [4.78, 5) is 20.8. The molecule has 2 aromatic rings. The van der Waals surface area contributed by atoms with Crippen LogP contribution in [0.2, 0.25) is 0 Å². The molecule has 98 valence electrons. The molecule has 0 aliphatic rings. The third-order valence-corrected chi connectivity index (χ3v) is 2.27. The molecule has 0 spiro atoms. The predicted molar refractivity (Wildman–Crippen MR) is 71.3 cm³/mol. The molecule has 1 aromatic heterocycles. The summed E-state index contributed by atoms with van der Waals surface area (Å²) in [7, 11) is 3.36. The molecule has 1 N–H and O–H groups in total. The molecule has 19 heavy (non-hydrogen) atoms. The van der Waals surface area contributed by atoms with E-state index < -0.39 is 0 Å². The van der Waals surface area contributed by atoms with Gasteiger partial charge in [0.05, 0.1) is 6.20 Å². The fourth-order valence-corrected chi connectivity index (χ4v) is 1.30. The van der Waals surface area contributed by atoms with E-state index in [1.54, 1.807) is 50.8 Å². The zero-order valence-corrected chi connectivity index (χ0v) is 10.7. The summed E-state index contributed by atoms with van der Waals surface area (Å²) in [5, 5.41) is 2.74. The molecule has 0 saturated carbocycles. The third kappa shape index (κ3) is 3.67. The van der Waals surface area contributed by atoms with Gasteiger partial charge < -0.3 is 15.0 Å². The van der Waals surface area contributed by atoms with Crippen LogP contribution in [0.4, 0.5) is 10.5 Å². The van der Waals surface area contributed by atoms with Crippen LogP contribution in [-0.4, -0.2) is 35.0 Å². The van der Waals surface area contributed by atoms with Crippen LogP contribution >= 0.6 is 0 Å². The lowest BCUT2D eigenvalue weighted by atomic mass is 10.3. The van der Waals surface area contributed by atoms with Crippen molar-refractivity contribution in [3.63, 3.8) is 0 Å². The van der Waals surface area contributed by atoms with E-state index >= 15 is 0 Å². The van der Waals surface area contributed by atoms with Crippen LogP contribution in [0.5, 0.6) is 11.6 Å². The van der Waals surface area contributed by atoms with Crippen molar-refractivity contribution < 1.29 is 9.53 Å². The SMILES string of the molecule is CN(C)C(=O)Nc1ccc(Oc2cnccn2)cc1. The highest BCUT2D eigenvalue weighted by Crippen LogP contribution is 2.20. The summed E-state index contributed by atoms with van der Waals surface area (Å²) in [5.74, 6) is 1.05. The molecule has 2 amide bonds. The number of aromatic nitrogens is 2. The number of hydrogen-bond donors (Lipinski definition) is 1. The van der Waals surface area contributed by atoms with Crippen LogP contribution in [0.15, 0.2) is 42.9 Å². The van der Waals surface area contributed by atoms with E-state index in [9.17, 15) is 4.79 Å². The number of carbonyl (C=O) groups is 1. The Hall–Kier alpha value is -2.63. The molecular weight excluding hydrogens is 244 g/mol. The van der Waals surface area contributed by atoms with Gasteiger partial charge in [-0.3, -0.25) is 4.98 Å². The summed E-state index contributed by atoms with van der Waals surface area (Å²) >= 11 is 0. The molecule has 0 fully saturated rings. The van der Waals surface area contributed by atoms with Crippen LogP contribution in [-0.2, 0) is 0 Å². The summed E-state index contributed by atoms with van der Waals surface area (Å²) in [6.07, 6.45) is 4.66. The van der Waals surface area contributed by atoms with Gasteiger partial charge in [-0.2, -0.15) is 0 Å². The van der Waals surface area contributed by atoms with E-state index in [1.807, 2.05) is 0 Å². The Morgan fingerprint density at radius 1 is 1.21 bits per heavy atom. The lowest BCUT2D eigenvalue weighted by Gasteiger charge is -2.12. The van der Waals surface area contributed by atoms with E-state index in [0.29, 0.717) is 17.3 Å². The largest absolute Gasteiger partial charge is 0.438 e. The van der Waals surface area contributed by atoms with Gasteiger partial charge >= 0.3 is 6.03 Å². The summed E-state index contributed by atoms with van der Waals surface area (Å²) in [6.45, 7) is 0. The van der Waals surface area contributed by atoms with Gasteiger partial charge in [0, 0.05) is 32.2 Å². The number of rotatable bonds is 3. The fourth-order valence-electron chi connectivity index (χ4n) is 1.30. The van der Waals surface area contributed by atoms with E-state index in [-0.39, 0.29) is 6.03 Å². The van der Waals surface area contributed by atoms with Crippen LogP contribution in [0.3, 0.4) is 0 Å². The lowest BCUT2D eigenvalue weighted by Crippen LogP contribution is -2.27. The molecular formula is C13H14N4O2. The Kier molecular flexibility index (Phi) is 3.92. The van der Waals surface area contributed by atoms with E-state index in [2.05, 4.69) is 15.3 Å². The highest BCUT2D eigenvalue weighted by molar-refractivity contribution is 5.88. The number of carbonyl (C=O) groups excluding carboxylic acids is 1. The second kappa shape index (κ2) is 5.81. The van der Waals surface area contributed by atoms with Gasteiger partial charge in [0.15, 0.2) is 0 Å². The standard InChI is InChI=1S/C13H14N4O2/c1-17(2)13(18)16-10-3-5-11(6-4-10)19-12-9-14-7-8-15-12/h3-9H,1-2H3,(H,16,18). The molecule has 0 bridgehead atoms. The maximum atomic E-state index is 11.5. The number of ether oxygens (including phenoxy) is 1. The van der Waals surface area contributed by atoms with E-state index in [4.69, 9.17) is 4.74 Å². The van der Waals surface area contributed by atoms with Crippen molar-refractivity contribution in [2.75, 3.05) is 19.4 Å². The maximum absolute atomic E-state index is 11.5. The molecule has 0 atom stereocenters. The molecule has 6 heteroatoms. The van der Waals surface area contributed by atoms with Gasteiger partial charge in [-0.05, 0) is 24.3 Å². The van der Waals surface area contributed by atoms with Gasteiger partial charge in [0.25, 0.3) is 0 Å². The number of benzene rings is 1.